The summed E-state index contributed by atoms with van der Waals surface area (Å²) < 4.78 is 11.5. The molecule has 0 saturated carbocycles. The lowest BCUT2D eigenvalue weighted by Gasteiger charge is -2.19. The number of nitrogens with zero attached hydrogens (tertiary/aromatic N) is 2. The van der Waals surface area contributed by atoms with Gasteiger partial charge in [-0.2, -0.15) is 0 Å². The molecule has 0 aliphatic rings. The van der Waals surface area contributed by atoms with Crippen LogP contribution in [0.5, 0.6) is 5.75 Å². The zero-order chi connectivity index (χ0) is 22.8. The zero-order valence-corrected chi connectivity index (χ0v) is 19.5. The Morgan fingerprint density at radius 2 is 1.91 bits per heavy atom. The van der Waals surface area contributed by atoms with Crippen molar-refractivity contribution < 1.29 is 9.15 Å². The van der Waals surface area contributed by atoms with Crippen LogP contribution in [-0.2, 0) is 13.2 Å². The van der Waals surface area contributed by atoms with Gasteiger partial charge in [0, 0.05) is 24.1 Å². The molecule has 4 heteroatoms. The van der Waals surface area contributed by atoms with E-state index in [0.717, 1.165) is 42.3 Å². The number of rotatable bonds is 9. The Morgan fingerprint density at radius 3 is 2.66 bits per heavy atom. The second-order valence-electron chi connectivity index (χ2n) is 8.75. The number of aromatic nitrogens is 1. The van der Waals surface area contributed by atoms with Crippen LogP contribution in [0.25, 0.3) is 11.3 Å². The molecule has 0 aliphatic carbocycles. The van der Waals surface area contributed by atoms with Gasteiger partial charge in [0.25, 0.3) is 0 Å². The number of hydrogen-bond donors (Lipinski definition) is 0. The minimum Gasteiger partial charge on any atom is -0.489 e. The standard InChI is InChI=1S/C28H32N2O2/c1-5-30(16-8-6-7-15-28(2,3)4)20-23-11-10-14-26(18-23)31-21-24-12-9-13-25(17-24)27-19-29-22-32-27/h6,8-14,17-19,22H,5,16,20-21H2,1-4H3/b8-6+. The van der Waals surface area contributed by atoms with E-state index in [1.165, 1.54) is 12.0 Å². The molecule has 0 radical (unpaired) electrons. The highest BCUT2D eigenvalue weighted by Gasteiger charge is 2.06. The van der Waals surface area contributed by atoms with Crippen LogP contribution in [0.2, 0.25) is 0 Å². The third-order valence-corrected chi connectivity index (χ3v) is 4.81. The monoisotopic (exact) mass is 428 g/mol. The van der Waals surface area contributed by atoms with Gasteiger partial charge in [-0.15, -0.1) is 0 Å². The van der Waals surface area contributed by atoms with Crippen LogP contribution in [0.1, 0.15) is 38.8 Å². The van der Waals surface area contributed by atoms with Crippen LogP contribution >= 0.6 is 0 Å². The zero-order valence-electron chi connectivity index (χ0n) is 19.5. The van der Waals surface area contributed by atoms with E-state index in [2.05, 4.69) is 79.8 Å². The summed E-state index contributed by atoms with van der Waals surface area (Å²) in [5.74, 6) is 7.99. The van der Waals surface area contributed by atoms with E-state index in [-0.39, 0.29) is 5.41 Å². The van der Waals surface area contributed by atoms with Crippen molar-refractivity contribution in [3.05, 3.63) is 84.4 Å². The number of hydrogen-bond acceptors (Lipinski definition) is 4. The van der Waals surface area contributed by atoms with E-state index in [4.69, 9.17) is 9.15 Å². The van der Waals surface area contributed by atoms with Gasteiger partial charge in [-0.25, -0.2) is 4.98 Å². The summed E-state index contributed by atoms with van der Waals surface area (Å²) in [6.07, 6.45) is 7.25. The molecule has 2 aromatic carbocycles. The van der Waals surface area contributed by atoms with Crippen LogP contribution in [0.3, 0.4) is 0 Å². The molecule has 0 N–H and O–H groups in total. The topological polar surface area (TPSA) is 38.5 Å². The lowest BCUT2D eigenvalue weighted by Crippen LogP contribution is -2.22. The van der Waals surface area contributed by atoms with Crippen molar-refractivity contribution in [2.45, 2.75) is 40.8 Å². The predicted octanol–water partition coefficient (Wildman–Crippen LogP) is 6.35. The number of allylic oxidation sites excluding steroid dienone is 1. The molecule has 3 aromatic rings. The molecule has 0 unspecified atom stereocenters. The first-order valence-electron chi connectivity index (χ1n) is 11.0. The number of ether oxygens (including phenoxy) is 1. The van der Waals surface area contributed by atoms with Crippen LogP contribution in [0.15, 0.2) is 77.7 Å². The summed E-state index contributed by atoms with van der Waals surface area (Å²) in [6, 6.07) is 16.4. The third-order valence-electron chi connectivity index (χ3n) is 4.81. The van der Waals surface area contributed by atoms with Crippen molar-refractivity contribution in [1.82, 2.24) is 9.88 Å². The van der Waals surface area contributed by atoms with Gasteiger partial charge in [-0.1, -0.05) is 55.2 Å². The maximum absolute atomic E-state index is 6.07. The van der Waals surface area contributed by atoms with Gasteiger partial charge in [0.15, 0.2) is 12.2 Å². The molecule has 0 aliphatic heterocycles. The third kappa shape index (κ3) is 7.76. The van der Waals surface area contributed by atoms with Gasteiger partial charge in [0.1, 0.15) is 12.4 Å². The summed E-state index contributed by atoms with van der Waals surface area (Å²) >= 11 is 0. The van der Waals surface area contributed by atoms with Crippen LogP contribution in [0.4, 0.5) is 0 Å². The van der Waals surface area contributed by atoms with Crippen molar-refractivity contribution in [2.24, 2.45) is 5.41 Å². The molecule has 0 spiro atoms. The predicted molar refractivity (Wildman–Crippen MR) is 130 cm³/mol. The molecule has 0 amide bonds. The average molecular weight is 429 g/mol. The Kier molecular flexibility index (Phi) is 8.30. The van der Waals surface area contributed by atoms with Gasteiger partial charge in [0.2, 0.25) is 0 Å². The van der Waals surface area contributed by atoms with E-state index < -0.39 is 0 Å². The van der Waals surface area contributed by atoms with E-state index in [9.17, 15) is 0 Å². The molecule has 166 valence electrons. The van der Waals surface area contributed by atoms with E-state index in [1.54, 1.807) is 6.20 Å². The Labute approximate surface area is 191 Å². The second kappa shape index (κ2) is 11.4. The van der Waals surface area contributed by atoms with E-state index in [0.29, 0.717) is 6.61 Å². The molecule has 0 saturated heterocycles. The first-order valence-corrected chi connectivity index (χ1v) is 11.0. The summed E-state index contributed by atoms with van der Waals surface area (Å²) in [7, 11) is 0. The highest BCUT2D eigenvalue weighted by atomic mass is 16.5. The first-order chi connectivity index (χ1) is 15.4. The quantitative estimate of drug-likeness (QED) is 0.372. The smallest absolute Gasteiger partial charge is 0.181 e. The minimum atomic E-state index is 0.0342. The van der Waals surface area contributed by atoms with Gasteiger partial charge in [-0.05, 0) is 62.7 Å². The van der Waals surface area contributed by atoms with Crippen molar-refractivity contribution in [3.63, 3.8) is 0 Å². The second-order valence-corrected chi connectivity index (χ2v) is 8.75. The lowest BCUT2D eigenvalue weighted by molar-refractivity contribution is 0.299. The van der Waals surface area contributed by atoms with Gasteiger partial charge in [-0.3, -0.25) is 4.90 Å². The highest BCUT2D eigenvalue weighted by Crippen LogP contribution is 2.21. The maximum atomic E-state index is 6.07. The van der Waals surface area contributed by atoms with Crippen LogP contribution < -0.4 is 4.74 Å². The largest absolute Gasteiger partial charge is 0.489 e. The van der Waals surface area contributed by atoms with Gasteiger partial charge < -0.3 is 9.15 Å². The molecule has 32 heavy (non-hydrogen) atoms. The van der Waals surface area contributed by atoms with Crippen molar-refractivity contribution in [2.75, 3.05) is 13.1 Å². The molecule has 3 rings (SSSR count). The SMILES string of the molecule is CCN(C/C=C/C#CC(C)(C)C)Cc1cccc(OCc2cccc(-c3cnco3)c2)c1. The normalized spacial score (nSPS) is 11.5. The molecule has 0 fully saturated rings. The molecule has 4 nitrogen and oxygen atoms in total. The molecule has 1 aromatic heterocycles. The van der Waals surface area contributed by atoms with Crippen LogP contribution in [0, 0.1) is 17.3 Å². The fraction of sp³-hybridized carbons (Fsp3) is 0.321. The van der Waals surface area contributed by atoms with Crippen LogP contribution in [-0.4, -0.2) is 23.0 Å². The number of benzene rings is 2. The van der Waals surface area contributed by atoms with Gasteiger partial charge in [0.05, 0.1) is 6.20 Å². The highest BCUT2D eigenvalue weighted by molar-refractivity contribution is 5.57. The first kappa shape index (κ1) is 23.4. The Balaban J connectivity index is 1.56. The average Bonchev–Trinajstić information content (AvgIpc) is 3.31. The molecular weight excluding hydrogens is 396 g/mol. The van der Waals surface area contributed by atoms with Crippen molar-refractivity contribution >= 4 is 0 Å². The summed E-state index contributed by atoms with van der Waals surface area (Å²) in [6.45, 7) is 11.7. The van der Waals surface area contributed by atoms with E-state index >= 15 is 0 Å². The Bertz CT molecular complexity index is 1070. The molecular formula is C28H32N2O2. The molecule has 1 heterocycles. The van der Waals surface area contributed by atoms with E-state index in [1.807, 2.05) is 30.3 Å². The van der Waals surface area contributed by atoms with Crippen molar-refractivity contribution in [1.29, 1.82) is 0 Å². The molecule has 0 atom stereocenters. The number of oxazole rings is 1. The fourth-order valence-electron chi connectivity index (χ4n) is 3.16. The fourth-order valence-corrected chi connectivity index (χ4v) is 3.16. The van der Waals surface area contributed by atoms with Gasteiger partial charge >= 0.3 is 0 Å². The maximum Gasteiger partial charge on any atom is 0.181 e. The number of likely N-dealkylation sites (N-methyl/N-ethyl adjacent to an activating group) is 1. The van der Waals surface area contributed by atoms with Crippen molar-refractivity contribution in [3.8, 4) is 28.9 Å². The summed E-state index contributed by atoms with van der Waals surface area (Å²) in [4.78, 5) is 6.36. The lowest BCUT2D eigenvalue weighted by atomic mass is 9.98. The molecule has 0 bridgehead atoms. The minimum absolute atomic E-state index is 0.0342. The summed E-state index contributed by atoms with van der Waals surface area (Å²) in [5.41, 5.74) is 3.35. The Morgan fingerprint density at radius 1 is 1.09 bits per heavy atom. The Hall–Kier alpha value is -3.29. The summed E-state index contributed by atoms with van der Waals surface area (Å²) in [5, 5.41) is 0.